The largest absolute Gasteiger partial charge is 0.375 e. The third kappa shape index (κ3) is 4.24. The number of rotatable bonds is 7. The highest BCUT2D eigenvalue weighted by Gasteiger charge is 2.36. The van der Waals surface area contributed by atoms with Gasteiger partial charge in [0.1, 0.15) is 5.69 Å². The Morgan fingerprint density at radius 1 is 1.13 bits per heavy atom. The number of nitrogens with zero attached hydrogens (tertiary/aromatic N) is 3. The maximum Gasteiger partial charge on any atom is 0.293 e. The molecule has 2 unspecified atom stereocenters. The van der Waals surface area contributed by atoms with Crippen molar-refractivity contribution in [3.8, 4) is 0 Å². The first-order valence-corrected chi connectivity index (χ1v) is 12.2. The van der Waals surface area contributed by atoms with Crippen LogP contribution >= 0.6 is 0 Å². The first kappa shape index (κ1) is 21.6. The molecule has 2 atom stereocenters. The molecule has 0 aliphatic carbocycles. The number of para-hydroxylation sites is 1. The van der Waals surface area contributed by atoms with Crippen LogP contribution in [0.1, 0.15) is 32.6 Å². The number of piperidine rings is 1. The average molecular weight is 445 g/mol. The van der Waals surface area contributed by atoms with Crippen LogP contribution in [0.3, 0.4) is 0 Å². The minimum atomic E-state index is -3.93. The van der Waals surface area contributed by atoms with E-state index in [1.54, 1.807) is 31.2 Å². The van der Waals surface area contributed by atoms with E-state index in [4.69, 9.17) is 0 Å². The van der Waals surface area contributed by atoms with Crippen molar-refractivity contribution in [3.63, 3.8) is 0 Å². The molecule has 2 aliphatic heterocycles. The predicted molar refractivity (Wildman–Crippen MR) is 121 cm³/mol. The Balaban J connectivity index is 1.63. The number of anilines is 2. The Kier molecular flexibility index (Phi) is 6.15. The smallest absolute Gasteiger partial charge is 0.293 e. The molecule has 0 bridgehead atoms. The van der Waals surface area contributed by atoms with Gasteiger partial charge in [-0.05, 0) is 57.0 Å². The molecule has 2 heterocycles. The quantitative estimate of drug-likeness (QED) is 0.515. The van der Waals surface area contributed by atoms with Gasteiger partial charge in [-0.25, -0.2) is 8.42 Å². The van der Waals surface area contributed by atoms with Crippen molar-refractivity contribution in [1.29, 1.82) is 0 Å². The third-order valence-corrected chi connectivity index (χ3v) is 8.18. The van der Waals surface area contributed by atoms with Gasteiger partial charge in [0.2, 0.25) is 0 Å². The van der Waals surface area contributed by atoms with E-state index in [2.05, 4.69) is 10.2 Å². The van der Waals surface area contributed by atoms with Crippen molar-refractivity contribution < 1.29 is 13.3 Å². The van der Waals surface area contributed by atoms with Gasteiger partial charge in [0.15, 0.2) is 0 Å². The molecule has 0 amide bonds. The fraction of sp³-hybridized carbons (Fsp3) is 0.455. The molecule has 1 N–H and O–H groups in total. The van der Waals surface area contributed by atoms with Crippen LogP contribution in [0, 0.1) is 10.1 Å². The second-order valence-electron chi connectivity index (χ2n) is 8.08. The zero-order valence-electron chi connectivity index (χ0n) is 17.6. The maximum absolute atomic E-state index is 13.3. The lowest BCUT2D eigenvalue weighted by atomic mass is 9.99. The monoisotopic (exact) mass is 444 g/mol. The summed E-state index contributed by atoms with van der Waals surface area (Å²) in [6.45, 7) is 4.03. The van der Waals surface area contributed by atoms with Crippen molar-refractivity contribution >= 4 is 27.1 Å². The molecule has 0 aromatic heterocycles. The first-order chi connectivity index (χ1) is 14.9. The number of nitrogens with one attached hydrogen (secondary N) is 1. The van der Waals surface area contributed by atoms with Crippen LogP contribution in [0.2, 0.25) is 0 Å². The molecule has 0 spiro atoms. The molecule has 8 nitrogen and oxygen atoms in total. The summed E-state index contributed by atoms with van der Waals surface area (Å²) in [7, 11) is -3.93. The topological polar surface area (TPSA) is 95.8 Å². The van der Waals surface area contributed by atoms with Gasteiger partial charge in [-0.2, -0.15) is 0 Å². The summed E-state index contributed by atoms with van der Waals surface area (Å²) in [5.74, 6) is 0. The summed E-state index contributed by atoms with van der Waals surface area (Å²) in [5.41, 5.74) is 0.696. The molecule has 31 heavy (non-hydrogen) atoms. The van der Waals surface area contributed by atoms with Crippen LogP contribution < -0.4 is 9.62 Å². The first-order valence-electron chi connectivity index (χ1n) is 10.8. The van der Waals surface area contributed by atoms with E-state index >= 15 is 0 Å². The lowest BCUT2D eigenvalue weighted by Crippen LogP contribution is -2.41. The average Bonchev–Trinajstić information content (AvgIpc) is 3.18. The molecule has 2 fully saturated rings. The predicted octanol–water partition coefficient (Wildman–Crippen LogP) is 3.85. The van der Waals surface area contributed by atoms with Crippen LogP contribution in [-0.2, 0) is 10.0 Å². The highest BCUT2D eigenvalue weighted by Crippen LogP contribution is 2.34. The fourth-order valence-corrected chi connectivity index (χ4v) is 6.27. The minimum Gasteiger partial charge on any atom is -0.375 e. The Morgan fingerprint density at radius 2 is 1.90 bits per heavy atom. The number of nitro benzene ring substituents is 1. The lowest BCUT2D eigenvalue weighted by Gasteiger charge is -2.32. The highest BCUT2D eigenvalue weighted by molar-refractivity contribution is 7.92. The summed E-state index contributed by atoms with van der Waals surface area (Å²) >= 11 is 0. The summed E-state index contributed by atoms with van der Waals surface area (Å²) in [5, 5.41) is 15.2. The molecule has 4 rings (SSSR count). The molecule has 2 aliphatic rings. The van der Waals surface area contributed by atoms with Crippen molar-refractivity contribution in [3.05, 3.63) is 58.6 Å². The second-order valence-corrected chi connectivity index (χ2v) is 9.94. The Labute approximate surface area is 183 Å². The van der Waals surface area contributed by atoms with Crippen molar-refractivity contribution in [2.75, 3.05) is 29.3 Å². The molecule has 2 saturated heterocycles. The summed E-state index contributed by atoms with van der Waals surface area (Å²) in [6, 6.07) is 13.5. The van der Waals surface area contributed by atoms with Crippen molar-refractivity contribution in [1.82, 2.24) is 4.90 Å². The Hall–Kier alpha value is -2.65. The van der Waals surface area contributed by atoms with Crippen LogP contribution in [0.4, 0.5) is 17.1 Å². The van der Waals surface area contributed by atoms with Crippen LogP contribution in [0.5, 0.6) is 0 Å². The molecular weight excluding hydrogens is 416 g/mol. The van der Waals surface area contributed by atoms with E-state index in [1.165, 1.54) is 35.3 Å². The normalized spacial score (nSPS) is 21.5. The number of hydrogen-bond acceptors (Lipinski definition) is 6. The van der Waals surface area contributed by atoms with E-state index < -0.39 is 14.9 Å². The van der Waals surface area contributed by atoms with Crippen LogP contribution in [0.25, 0.3) is 0 Å². The summed E-state index contributed by atoms with van der Waals surface area (Å²) in [4.78, 5) is 13.7. The number of sulfonamides is 1. The van der Waals surface area contributed by atoms with Crippen molar-refractivity contribution in [2.24, 2.45) is 0 Å². The Morgan fingerprint density at radius 3 is 2.61 bits per heavy atom. The van der Waals surface area contributed by atoms with Crippen molar-refractivity contribution in [2.45, 2.75) is 49.6 Å². The Bertz CT molecular complexity index is 1040. The maximum atomic E-state index is 13.3. The SMILES string of the molecule is CCN(c1ccccc1)S(=O)(=O)c1ccc(NC2CCN3CCCCC23)c([N+](=O)[O-])c1. The van der Waals surface area contributed by atoms with Gasteiger partial charge in [-0.3, -0.25) is 19.3 Å². The van der Waals surface area contributed by atoms with Crippen LogP contribution in [0.15, 0.2) is 53.4 Å². The highest BCUT2D eigenvalue weighted by atomic mass is 32.2. The second kappa shape index (κ2) is 8.84. The summed E-state index contributed by atoms with van der Waals surface area (Å²) < 4.78 is 27.8. The van der Waals surface area contributed by atoms with Gasteiger partial charge in [0.05, 0.1) is 15.5 Å². The molecule has 166 valence electrons. The molecule has 0 saturated carbocycles. The lowest BCUT2D eigenvalue weighted by molar-refractivity contribution is -0.384. The zero-order valence-corrected chi connectivity index (χ0v) is 18.4. The number of nitro groups is 1. The third-order valence-electron chi connectivity index (χ3n) is 6.28. The molecule has 2 aromatic rings. The standard InChI is InChI=1S/C22H28N4O4S/c1-2-25(17-8-4-3-5-9-17)31(29,30)18-11-12-19(22(16-18)26(27)28)23-20-13-15-24-14-7-6-10-21(20)24/h3-5,8-9,11-12,16,20-21,23H,2,6-7,10,13-15H2,1H3. The van der Waals surface area contributed by atoms with Gasteiger partial charge in [0.25, 0.3) is 15.7 Å². The van der Waals surface area contributed by atoms with Gasteiger partial charge in [-0.15, -0.1) is 0 Å². The number of benzene rings is 2. The zero-order chi connectivity index (χ0) is 22.0. The molecule has 9 heteroatoms. The number of hydrogen-bond donors (Lipinski definition) is 1. The summed E-state index contributed by atoms with van der Waals surface area (Å²) in [6.07, 6.45) is 4.39. The number of fused-ring (bicyclic) bond motifs is 1. The molecule has 0 radical (unpaired) electrons. The molecular formula is C22H28N4O4S. The van der Waals surface area contributed by atoms with Gasteiger partial charge < -0.3 is 5.32 Å². The fourth-order valence-electron chi connectivity index (χ4n) is 4.77. The molecule has 2 aromatic carbocycles. The van der Waals surface area contributed by atoms with E-state index in [0.29, 0.717) is 17.4 Å². The van der Waals surface area contributed by atoms with Gasteiger partial charge in [0, 0.05) is 31.2 Å². The van der Waals surface area contributed by atoms with Gasteiger partial charge >= 0.3 is 0 Å². The van der Waals surface area contributed by atoms with Gasteiger partial charge in [-0.1, -0.05) is 24.6 Å². The van der Waals surface area contributed by atoms with E-state index in [1.807, 2.05) is 6.07 Å². The van der Waals surface area contributed by atoms with E-state index in [9.17, 15) is 18.5 Å². The van der Waals surface area contributed by atoms with E-state index in [0.717, 1.165) is 25.9 Å². The van der Waals surface area contributed by atoms with Crippen LogP contribution in [-0.4, -0.2) is 50.0 Å². The minimum absolute atomic E-state index is 0.0823. The van der Waals surface area contributed by atoms with E-state index in [-0.39, 0.29) is 23.2 Å².